The second-order valence-electron chi connectivity index (χ2n) is 4.50. The molecule has 1 aliphatic rings. The number of benzene rings is 1. The predicted octanol–water partition coefficient (Wildman–Crippen LogP) is 2.39. The van der Waals surface area contributed by atoms with Crippen molar-refractivity contribution in [1.29, 1.82) is 0 Å². The monoisotopic (exact) mass is 275 g/mol. The standard InChI is InChI=1S/C15H17NO4/c1-2-20-14(17)13-10-16(15(18)19)9-8-12(13)11-6-4-3-5-7-11/h3-7H,2,8-10H2,1H3,(H,18,19). The van der Waals surface area contributed by atoms with E-state index in [1.807, 2.05) is 30.3 Å². The molecule has 1 amide bonds. The largest absolute Gasteiger partial charge is 0.465 e. The molecule has 0 saturated heterocycles. The van der Waals surface area contributed by atoms with E-state index in [4.69, 9.17) is 9.84 Å². The maximum absolute atomic E-state index is 12.1. The number of carboxylic acid groups (broad SMARTS) is 1. The van der Waals surface area contributed by atoms with Crippen LogP contribution in [0, 0.1) is 0 Å². The molecule has 0 aromatic heterocycles. The minimum Gasteiger partial charge on any atom is -0.465 e. The highest BCUT2D eigenvalue weighted by atomic mass is 16.5. The molecule has 5 heteroatoms. The minimum absolute atomic E-state index is 0.0817. The molecule has 0 unspecified atom stereocenters. The number of esters is 1. The van der Waals surface area contributed by atoms with Gasteiger partial charge in [-0.2, -0.15) is 0 Å². The van der Waals surface area contributed by atoms with Gasteiger partial charge in [0.1, 0.15) is 0 Å². The third-order valence-electron chi connectivity index (χ3n) is 3.26. The van der Waals surface area contributed by atoms with E-state index < -0.39 is 12.1 Å². The SMILES string of the molecule is CCOC(=O)C1=C(c2ccccc2)CCN(C(=O)O)C1. The highest BCUT2D eigenvalue weighted by molar-refractivity contribution is 5.99. The van der Waals surface area contributed by atoms with Gasteiger partial charge in [0, 0.05) is 6.54 Å². The lowest BCUT2D eigenvalue weighted by Gasteiger charge is -2.28. The Morgan fingerprint density at radius 1 is 1.30 bits per heavy atom. The van der Waals surface area contributed by atoms with Crippen molar-refractivity contribution in [3.63, 3.8) is 0 Å². The zero-order chi connectivity index (χ0) is 14.5. The zero-order valence-electron chi connectivity index (χ0n) is 11.3. The smallest absolute Gasteiger partial charge is 0.407 e. The summed E-state index contributed by atoms with van der Waals surface area (Å²) in [6, 6.07) is 9.54. The second-order valence-corrected chi connectivity index (χ2v) is 4.50. The third-order valence-corrected chi connectivity index (χ3v) is 3.26. The van der Waals surface area contributed by atoms with E-state index in [1.54, 1.807) is 6.92 Å². The van der Waals surface area contributed by atoms with Crippen molar-refractivity contribution in [2.45, 2.75) is 13.3 Å². The highest BCUT2D eigenvalue weighted by Gasteiger charge is 2.27. The van der Waals surface area contributed by atoms with Crippen LogP contribution in [0.1, 0.15) is 18.9 Å². The lowest BCUT2D eigenvalue weighted by Crippen LogP contribution is -2.38. The number of carbonyl (C=O) groups excluding carboxylic acids is 1. The molecule has 0 spiro atoms. The summed E-state index contributed by atoms with van der Waals surface area (Å²) in [5.41, 5.74) is 2.26. The number of carbonyl (C=O) groups is 2. The fraction of sp³-hybridized carbons (Fsp3) is 0.333. The van der Waals surface area contributed by atoms with E-state index in [0.717, 1.165) is 11.1 Å². The Labute approximate surface area is 117 Å². The van der Waals surface area contributed by atoms with Crippen LogP contribution >= 0.6 is 0 Å². The summed E-state index contributed by atoms with van der Waals surface area (Å²) in [5, 5.41) is 9.08. The Morgan fingerprint density at radius 2 is 2.00 bits per heavy atom. The fourth-order valence-corrected chi connectivity index (χ4v) is 2.29. The zero-order valence-corrected chi connectivity index (χ0v) is 11.3. The quantitative estimate of drug-likeness (QED) is 0.860. The highest BCUT2D eigenvalue weighted by Crippen LogP contribution is 2.28. The first-order chi connectivity index (χ1) is 9.63. The van der Waals surface area contributed by atoms with Gasteiger partial charge in [0.05, 0.1) is 18.7 Å². The summed E-state index contributed by atoms with van der Waals surface area (Å²) in [6.45, 7) is 2.48. The van der Waals surface area contributed by atoms with Gasteiger partial charge in [-0.05, 0) is 24.5 Å². The molecule has 0 bridgehead atoms. The lowest BCUT2D eigenvalue weighted by molar-refractivity contribution is -0.138. The number of hydrogen-bond acceptors (Lipinski definition) is 3. The average molecular weight is 275 g/mol. The van der Waals surface area contributed by atoms with Gasteiger partial charge in [0.25, 0.3) is 0 Å². The number of hydrogen-bond donors (Lipinski definition) is 1. The van der Waals surface area contributed by atoms with E-state index in [1.165, 1.54) is 4.90 Å². The molecule has 1 aromatic rings. The van der Waals surface area contributed by atoms with Crippen molar-refractivity contribution in [3.05, 3.63) is 41.5 Å². The second kappa shape index (κ2) is 6.23. The Bertz CT molecular complexity index is 536. The molecule has 1 aromatic carbocycles. The maximum atomic E-state index is 12.1. The van der Waals surface area contributed by atoms with E-state index in [-0.39, 0.29) is 13.2 Å². The normalized spacial score (nSPS) is 15.2. The van der Waals surface area contributed by atoms with Crippen LogP contribution < -0.4 is 0 Å². The van der Waals surface area contributed by atoms with Gasteiger partial charge in [0.15, 0.2) is 0 Å². The van der Waals surface area contributed by atoms with Gasteiger partial charge < -0.3 is 14.7 Å². The molecular formula is C15H17NO4. The van der Waals surface area contributed by atoms with Gasteiger partial charge in [0.2, 0.25) is 0 Å². The van der Waals surface area contributed by atoms with Crippen molar-refractivity contribution in [2.75, 3.05) is 19.7 Å². The van der Waals surface area contributed by atoms with Gasteiger partial charge in [-0.1, -0.05) is 30.3 Å². The van der Waals surface area contributed by atoms with Gasteiger partial charge in [-0.25, -0.2) is 9.59 Å². The summed E-state index contributed by atoms with van der Waals surface area (Å²) >= 11 is 0. The van der Waals surface area contributed by atoms with Crippen LogP contribution in [0.5, 0.6) is 0 Å². The molecule has 0 radical (unpaired) electrons. The Hall–Kier alpha value is -2.30. The van der Waals surface area contributed by atoms with Crippen LogP contribution in [0.4, 0.5) is 4.79 Å². The van der Waals surface area contributed by atoms with Gasteiger partial charge in [-0.15, -0.1) is 0 Å². The lowest BCUT2D eigenvalue weighted by atomic mass is 9.93. The molecular weight excluding hydrogens is 258 g/mol. The van der Waals surface area contributed by atoms with Crippen molar-refractivity contribution >= 4 is 17.6 Å². The Kier molecular flexibility index (Phi) is 4.40. The average Bonchev–Trinajstić information content (AvgIpc) is 2.47. The summed E-state index contributed by atoms with van der Waals surface area (Å²) in [6.07, 6.45) is -0.497. The number of rotatable bonds is 3. The summed E-state index contributed by atoms with van der Waals surface area (Å²) in [7, 11) is 0. The summed E-state index contributed by atoms with van der Waals surface area (Å²) in [5.74, 6) is -0.433. The van der Waals surface area contributed by atoms with E-state index in [0.29, 0.717) is 18.5 Å². The Balaban J connectivity index is 2.38. The predicted molar refractivity (Wildman–Crippen MR) is 74.2 cm³/mol. The molecule has 1 N–H and O–H groups in total. The maximum Gasteiger partial charge on any atom is 0.407 e. The fourth-order valence-electron chi connectivity index (χ4n) is 2.29. The molecule has 0 fully saturated rings. The van der Waals surface area contributed by atoms with Gasteiger partial charge >= 0.3 is 12.1 Å². The molecule has 106 valence electrons. The Morgan fingerprint density at radius 3 is 2.60 bits per heavy atom. The molecule has 0 saturated carbocycles. The van der Waals surface area contributed by atoms with Crippen LogP contribution in [0.3, 0.4) is 0 Å². The molecule has 5 nitrogen and oxygen atoms in total. The van der Waals surface area contributed by atoms with Crippen molar-refractivity contribution in [3.8, 4) is 0 Å². The number of amides is 1. The minimum atomic E-state index is -1.01. The molecule has 1 aliphatic heterocycles. The number of nitrogens with zero attached hydrogens (tertiary/aromatic N) is 1. The van der Waals surface area contributed by atoms with Crippen LogP contribution in [0.2, 0.25) is 0 Å². The number of ether oxygens (including phenoxy) is 1. The first-order valence-corrected chi connectivity index (χ1v) is 6.56. The van der Waals surface area contributed by atoms with E-state index in [2.05, 4.69) is 0 Å². The first kappa shape index (κ1) is 14.1. The van der Waals surface area contributed by atoms with Crippen LogP contribution in [-0.4, -0.2) is 41.8 Å². The molecule has 0 aliphatic carbocycles. The molecule has 20 heavy (non-hydrogen) atoms. The van der Waals surface area contributed by atoms with Crippen molar-refractivity contribution in [1.82, 2.24) is 4.90 Å². The molecule has 1 heterocycles. The van der Waals surface area contributed by atoms with Crippen molar-refractivity contribution in [2.24, 2.45) is 0 Å². The molecule has 2 rings (SSSR count). The van der Waals surface area contributed by atoms with E-state index in [9.17, 15) is 9.59 Å². The van der Waals surface area contributed by atoms with Gasteiger partial charge in [-0.3, -0.25) is 0 Å². The van der Waals surface area contributed by atoms with Crippen LogP contribution in [-0.2, 0) is 9.53 Å². The third kappa shape index (κ3) is 2.99. The topological polar surface area (TPSA) is 66.8 Å². The first-order valence-electron chi connectivity index (χ1n) is 6.56. The summed E-state index contributed by atoms with van der Waals surface area (Å²) < 4.78 is 5.04. The van der Waals surface area contributed by atoms with Crippen molar-refractivity contribution < 1.29 is 19.4 Å². The van der Waals surface area contributed by atoms with Crippen LogP contribution in [0.25, 0.3) is 5.57 Å². The summed E-state index contributed by atoms with van der Waals surface area (Å²) in [4.78, 5) is 24.4. The van der Waals surface area contributed by atoms with E-state index >= 15 is 0 Å². The van der Waals surface area contributed by atoms with Crippen LogP contribution in [0.15, 0.2) is 35.9 Å². The molecule has 0 atom stereocenters.